The van der Waals surface area contributed by atoms with Crippen molar-refractivity contribution < 1.29 is 19.7 Å². The van der Waals surface area contributed by atoms with Crippen LogP contribution in [-0.4, -0.2) is 35.0 Å². The molecule has 0 heterocycles. The van der Waals surface area contributed by atoms with Crippen molar-refractivity contribution in [1.29, 1.82) is 0 Å². The molecule has 2 N–H and O–H groups in total. The molecule has 0 aromatic rings. The van der Waals surface area contributed by atoms with Crippen LogP contribution in [0.25, 0.3) is 0 Å². The maximum atomic E-state index is 11.2. The van der Waals surface area contributed by atoms with Gasteiger partial charge in [0.05, 0.1) is 18.8 Å². The number of ether oxygens (including phenoxy) is 1. The highest BCUT2D eigenvalue weighted by molar-refractivity contribution is 5.69. The van der Waals surface area contributed by atoms with Gasteiger partial charge in [0.2, 0.25) is 0 Å². The Balaban J connectivity index is 2.18. The number of carbonyl (C=O) groups excluding carboxylic acids is 1. The van der Waals surface area contributed by atoms with Crippen molar-refractivity contribution in [1.82, 2.24) is 0 Å². The van der Waals surface area contributed by atoms with Crippen molar-refractivity contribution in [2.75, 3.05) is 6.61 Å². The summed E-state index contributed by atoms with van der Waals surface area (Å²) in [6.45, 7) is 4.00. The van der Waals surface area contributed by atoms with Gasteiger partial charge in [0.1, 0.15) is 0 Å². The minimum atomic E-state index is -0.449. The van der Waals surface area contributed by atoms with E-state index in [0.717, 1.165) is 32.1 Å². The third-order valence-corrected chi connectivity index (χ3v) is 4.05. The lowest BCUT2D eigenvalue weighted by Gasteiger charge is -2.20. The normalized spacial score (nSPS) is 25.7. The molecule has 0 aromatic heterocycles. The van der Waals surface area contributed by atoms with Crippen LogP contribution in [0.15, 0.2) is 24.3 Å². The average molecular weight is 310 g/mol. The first-order valence-corrected chi connectivity index (χ1v) is 8.43. The van der Waals surface area contributed by atoms with Crippen molar-refractivity contribution in [2.24, 2.45) is 11.8 Å². The van der Waals surface area contributed by atoms with Crippen LogP contribution < -0.4 is 0 Å². The Kier molecular flexibility index (Phi) is 9.09. The predicted molar refractivity (Wildman–Crippen MR) is 87.3 cm³/mol. The summed E-state index contributed by atoms with van der Waals surface area (Å²) in [4.78, 5) is 11.2. The van der Waals surface area contributed by atoms with Crippen molar-refractivity contribution in [2.45, 2.75) is 64.6 Å². The summed E-state index contributed by atoms with van der Waals surface area (Å²) in [5.74, 6) is 0.311. The van der Waals surface area contributed by atoms with Crippen molar-refractivity contribution in [3.8, 4) is 0 Å². The van der Waals surface area contributed by atoms with E-state index in [1.54, 1.807) is 13.0 Å². The first kappa shape index (κ1) is 18.9. The molecule has 1 aliphatic rings. The minimum absolute atomic E-state index is 0.110. The molecule has 0 saturated carbocycles. The SMILES string of the molecule is CCOC(=O)CCCCCC[C@@H]1[C@H](C=CC(C)O)C=C[C@@H]1O. The van der Waals surface area contributed by atoms with Crippen LogP contribution in [0.1, 0.15) is 52.4 Å². The molecule has 1 aliphatic carbocycles. The minimum Gasteiger partial charge on any atom is -0.466 e. The quantitative estimate of drug-likeness (QED) is 0.370. The van der Waals surface area contributed by atoms with Gasteiger partial charge in [-0.25, -0.2) is 0 Å². The highest BCUT2D eigenvalue weighted by atomic mass is 16.5. The van der Waals surface area contributed by atoms with Crippen LogP contribution in [0.2, 0.25) is 0 Å². The number of hydrogen-bond donors (Lipinski definition) is 2. The van der Waals surface area contributed by atoms with Gasteiger partial charge in [-0.15, -0.1) is 0 Å². The second-order valence-electron chi connectivity index (χ2n) is 6.00. The van der Waals surface area contributed by atoms with E-state index < -0.39 is 6.10 Å². The van der Waals surface area contributed by atoms with Gasteiger partial charge in [0.15, 0.2) is 0 Å². The molecule has 1 rings (SSSR count). The maximum absolute atomic E-state index is 11.2. The number of unbranched alkanes of at least 4 members (excludes halogenated alkanes) is 3. The second kappa shape index (κ2) is 10.6. The Hall–Kier alpha value is -1.13. The molecule has 0 fully saturated rings. The number of aliphatic hydroxyl groups excluding tert-OH is 2. The summed E-state index contributed by atoms with van der Waals surface area (Å²) in [7, 11) is 0. The zero-order valence-electron chi connectivity index (χ0n) is 13.8. The third-order valence-electron chi connectivity index (χ3n) is 4.05. The zero-order valence-corrected chi connectivity index (χ0v) is 13.8. The van der Waals surface area contributed by atoms with E-state index in [1.807, 2.05) is 25.2 Å². The van der Waals surface area contributed by atoms with Gasteiger partial charge in [-0.1, -0.05) is 43.6 Å². The average Bonchev–Trinajstić information content (AvgIpc) is 2.81. The Morgan fingerprint density at radius 1 is 1.27 bits per heavy atom. The fourth-order valence-corrected chi connectivity index (χ4v) is 2.85. The van der Waals surface area contributed by atoms with Gasteiger partial charge < -0.3 is 14.9 Å². The highest BCUT2D eigenvalue weighted by Crippen LogP contribution is 2.31. The van der Waals surface area contributed by atoms with Crippen LogP contribution in [0.4, 0.5) is 0 Å². The fraction of sp³-hybridized carbons (Fsp3) is 0.722. The molecule has 0 aliphatic heterocycles. The van der Waals surface area contributed by atoms with Crippen LogP contribution in [0.5, 0.6) is 0 Å². The monoisotopic (exact) mass is 310 g/mol. The molecule has 0 radical (unpaired) electrons. The molecule has 22 heavy (non-hydrogen) atoms. The van der Waals surface area contributed by atoms with Gasteiger partial charge >= 0.3 is 5.97 Å². The van der Waals surface area contributed by atoms with Gasteiger partial charge in [0, 0.05) is 12.3 Å². The van der Waals surface area contributed by atoms with E-state index in [-0.39, 0.29) is 23.9 Å². The molecular weight excluding hydrogens is 280 g/mol. The molecule has 1 unspecified atom stereocenters. The Morgan fingerprint density at radius 3 is 2.68 bits per heavy atom. The molecular formula is C18H30O4. The summed E-state index contributed by atoms with van der Waals surface area (Å²) >= 11 is 0. The lowest BCUT2D eigenvalue weighted by molar-refractivity contribution is -0.143. The molecule has 0 saturated heterocycles. The first-order valence-electron chi connectivity index (χ1n) is 8.43. The summed E-state index contributed by atoms with van der Waals surface area (Å²) in [5, 5.41) is 19.3. The molecule has 4 atom stereocenters. The van der Waals surface area contributed by atoms with Crippen molar-refractivity contribution >= 4 is 5.97 Å². The molecule has 4 nitrogen and oxygen atoms in total. The maximum Gasteiger partial charge on any atom is 0.305 e. The highest BCUT2D eigenvalue weighted by Gasteiger charge is 2.27. The zero-order chi connectivity index (χ0) is 16.4. The van der Waals surface area contributed by atoms with Gasteiger partial charge in [-0.2, -0.15) is 0 Å². The van der Waals surface area contributed by atoms with Gasteiger partial charge in [0.25, 0.3) is 0 Å². The van der Waals surface area contributed by atoms with E-state index in [4.69, 9.17) is 4.74 Å². The molecule has 0 bridgehead atoms. The fourth-order valence-electron chi connectivity index (χ4n) is 2.85. The molecule has 0 amide bonds. The summed E-state index contributed by atoms with van der Waals surface area (Å²) in [5.41, 5.74) is 0. The third kappa shape index (κ3) is 7.23. The van der Waals surface area contributed by atoms with Crippen LogP contribution in [0.3, 0.4) is 0 Å². The number of allylic oxidation sites excluding steroid dienone is 2. The Labute approximate surface area is 133 Å². The largest absolute Gasteiger partial charge is 0.466 e. The number of carbonyl (C=O) groups is 1. The van der Waals surface area contributed by atoms with E-state index in [1.165, 1.54) is 0 Å². The van der Waals surface area contributed by atoms with E-state index in [2.05, 4.69) is 0 Å². The number of aliphatic hydroxyl groups is 2. The summed E-state index contributed by atoms with van der Waals surface area (Å²) < 4.78 is 4.90. The van der Waals surface area contributed by atoms with E-state index >= 15 is 0 Å². The second-order valence-corrected chi connectivity index (χ2v) is 6.00. The Morgan fingerprint density at radius 2 is 2.00 bits per heavy atom. The number of rotatable bonds is 10. The lowest BCUT2D eigenvalue weighted by Crippen LogP contribution is -2.19. The molecule has 4 heteroatoms. The van der Waals surface area contributed by atoms with E-state index in [0.29, 0.717) is 13.0 Å². The smallest absolute Gasteiger partial charge is 0.305 e. The first-order chi connectivity index (χ1) is 10.5. The lowest BCUT2D eigenvalue weighted by atomic mass is 9.88. The molecule has 0 spiro atoms. The van der Waals surface area contributed by atoms with Gasteiger partial charge in [-0.3, -0.25) is 4.79 Å². The summed E-state index contributed by atoms with van der Waals surface area (Å²) in [6, 6.07) is 0. The molecule has 0 aromatic carbocycles. The Bertz CT molecular complexity index is 373. The van der Waals surface area contributed by atoms with Crippen LogP contribution >= 0.6 is 0 Å². The van der Waals surface area contributed by atoms with Gasteiger partial charge in [-0.05, 0) is 32.6 Å². The van der Waals surface area contributed by atoms with Crippen molar-refractivity contribution in [3.63, 3.8) is 0 Å². The number of esters is 1. The standard InChI is InChI=1S/C18H30O4/c1-3-22-18(21)9-7-5-4-6-8-16-15(11-10-14(2)19)12-13-17(16)20/h10-17,19-20H,3-9H2,1-2H3/t14?,15-,16-,17+/m1/s1. The van der Waals surface area contributed by atoms with Crippen LogP contribution in [0, 0.1) is 11.8 Å². The predicted octanol–water partition coefficient (Wildman–Crippen LogP) is 2.99. The van der Waals surface area contributed by atoms with E-state index in [9.17, 15) is 15.0 Å². The summed E-state index contributed by atoms with van der Waals surface area (Å²) in [6.07, 6.45) is 12.3. The van der Waals surface area contributed by atoms with Crippen LogP contribution in [-0.2, 0) is 9.53 Å². The number of hydrogen-bond acceptors (Lipinski definition) is 4. The topological polar surface area (TPSA) is 66.8 Å². The van der Waals surface area contributed by atoms with Crippen molar-refractivity contribution in [3.05, 3.63) is 24.3 Å². The molecule has 126 valence electrons.